The Kier molecular flexibility index (Phi) is 3.66. The third kappa shape index (κ3) is 3.01. The minimum Gasteiger partial charge on any atom is -0.508 e. The Hall–Kier alpha value is -2.56. The number of rotatable bonds is 3. The Labute approximate surface area is 109 Å². The average molecular weight is 261 g/mol. The zero-order chi connectivity index (χ0) is 13.8. The van der Waals surface area contributed by atoms with Crippen molar-refractivity contribution in [3.63, 3.8) is 0 Å². The van der Waals surface area contributed by atoms with E-state index in [2.05, 4.69) is 5.32 Å². The highest BCUT2D eigenvalue weighted by molar-refractivity contribution is 6.04. The first-order chi connectivity index (χ1) is 9.10. The topological polar surface area (TPSA) is 58.6 Å². The van der Waals surface area contributed by atoms with Crippen molar-refractivity contribution in [1.82, 2.24) is 0 Å². The summed E-state index contributed by atoms with van der Waals surface area (Å²) < 4.78 is 18.2. The number of anilines is 1. The number of nitrogens with one attached hydrogen (secondary N) is 1. The third-order valence-corrected chi connectivity index (χ3v) is 2.54. The fourth-order valence-corrected chi connectivity index (χ4v) is 1.56. The number of amides is 1. The Morgan fingerprint density at radius 3 is 2.47 bits per heavy atom. The summed E-state index contributed by atoms with van der Waals surface area (Å²) in [5, 5.41) is 11.7. The zero-order valence-corrected chi connectivity index (χ0v) is 10.2. The summed E-state index contributed by atoms with van der Waals surface area (Å²) in [6.07, 6.45) is 0. The SMILES string of the molecule is COc1ccc(NC(=O)c2ccc(O)cc2)cc1F. The third-order valence-electron chi connectivity index (χ3n) is 2.54. The molecule has 0 saturated heterocycles. The Morgan fingerprint density at radius 2 is 1.89 bits per heavy atom. The highest BCUT2D eigenvalue weighted by Crippen LogP contribution is 2.21. The minimum atomic E-state index is -0.550. The molecule has 0 spiro atoms. The number of ether oxygens (including phenoxy) is 1. The van der Waals surface area contributed by atoms with Crippen molar-refractivity contribution < 1.29 is 19.0 Å². The van der Waals surface area contributed by atoms with E-state index in [4.69, 9.17) is 9.84 Å². The summed E-state index contributed by atoms with van der Waals surface area (Å²) in [6.45, 7) is 0. The summed E-state index contributed by atoms with van der Waals surface area (Å²) in [5.41, 5.74) is 0.699. The predicted molar refractivity (Wildman–Crippen MR) is 69.0 cm³/mol. The molecule has 0 aromatic heterocycles. The van der Waals surface area contributed by atoms with Crippen molar-refractivity contribution in [2.75, 3.05) is 12.4 Å². The lowest BCUT2D eigenvalue weighted by Crippen LogP contribution is -2.11. The van der Waals surface area contributed by atoms with Crippen molar-refractivity contribution in [1.29, 1.82) is 0 Å². The van der Waals surface area contributed by atoms with Gasteiger partial charge >= 0.3 is 0 Å². The summed E-state index contributed by atoms with van der Waals surface area (Å²) in [4.78, 5) is 11.8. The maximum atomic E-state index is 13.4. The van der Waals surface area contributed by atoms with Crippen LogP contribution in [0.4, 0.5) is 10.1 Å². The van der Waals surface area contributed by atoms with Gasteiger partial charge in [0, 0.05) is 17.3 Å². The molecule has 0 atom stereocenters. The Bertz CT molecular complexity index is 596. The minimum absolute atomic E-state index is 0.0760. The maximum Gasteiger partial charge on any atom is 0.255 e. The van der Waals surface area contributed by atoms with Crippen LogP contribution in [0.25, 0.3) is 0 Å². The van der Waals surface area contributed by atoms with E-state index in [1.165, 1.54) is 43.5 Å². The average Bonchev–Trinajstić information content (AvgIpc) is 2.39. The van der Waals surface area contributed by atoms with Crippen LogP contribution in [0, 0.1) is 5.82 Å². The van der Waals surface area contributed by atoms with Gasteiger partial charge in [-0.3, -0.25) is 4.79 Å². The molecule has 2 N–H and O–H groups in total. The van der Waals surface area contributed by atoms with Crippen LogP contribution in [0.1, 0.15) is 10.4 Å². The number of carbonyl (C=O) groups excluding carboxylic acids is 1. The molecule has 98 valence electrons. The van der Waals surface area contributed by atoms with Crippen LogP contribution in [0.3, 0.4) is 0 Å². The molecular formula is C14H12FNO3. The number of aromatic hydroxyl groups is 1. The summed E-state index contributed by atoms with van der Waals surface area (Å²) in [7, 11) is 1.37. The molecule has 0 aliphatic heterocycles. The molecule has 19 heavy (non-hydrogen) atoms. The number of carbonyl (C=O) groups is 1. The van der Waals surface area contributed by atoms with E-state index in [0.717, 1.165) is 0 Å². The summed E-state index contributed by atoms with van der Waals surface area (Å²) in [5.74, 6) is -0.745. The van der Waals surface area contributed by atoms with E-state index >= 15 is 0 Å². The quantitative estimate of drug-likeness (QED) is 0.893. The molecule has 0 aliphatic rings. The van der Waals surface area contributed by atoms with Gasteiger partial charge in [0.15, 0.2) is 11.6 Å². The molecule has 1 amide bonds. The molecule has 0 bridgehead atoms. The molecule has 0 aliphatic carbocycles. The van der Waals surface area contributed by atoms with Gasteiger partial charge < -0.3 is 15.2 Å². The maximum absolute atomic E-state index is 13.4. The lowest BCUT2D eigenvalue weighted by molar-refractivity contribution is 0.102. The first kappa shape index (κ1) is 12.9. The van der Waals surface area contributed by atoms with Crippen LogP contribution in [-0.2, 0) is 0 Å². The van der Waals surface area contributed by atoms with Crippen molar-refractivity contribution in [2.24, 2.45) is 0 Å². The Balaban J connectivity index is 2.14. The molecule has 0 fully saturated rings. The van der Waals surface area contributed by atoms with Gasteiger partial charge in [0.25, 0.3) is 5.91 Å². The molecule has 2 aromatic rings. The van der Waals surface area contributed by atoms with Crippen molar-refractivity contribution >= 4 is 11.6 Å². The molecule has 0 saturated carbocycles. The number of halogens is 1. The van der Waals surface area contributed by atoms with E-state index in [-0.39, 0.29) is 17.4 Å². The van der Waals surface area contributed by atoms with Gasteiger partial charge in [0.1, 0.15) is 5.75 Å². The molecular weight excluding hydrogens is 249 g/mol. The number of hydrogen-bond donors (Lipinski definition) is 2. The number of phenolic OH excluding ortho intramolecular Hbond substituents is 1. The fraction of sp³-hybridized carbons (Fsp3) is 0.0714. The number of methoxy groups -OCH3 is 1. The molecule has 2 rings (SSSR count). The highest BCUT2D eigenvalue weighted by Gasteiger charge is 2.08. The van der Waals surface area contributed by atoms with E-state index in [9.17, 15) is 9.18 Å². The second kappa shape index (κ2) is 5.39. The second-order valence-corrected chi connectivity index (χ2v) is 3.85. The molecule has 2 aromatic carbocycles. The molecule has 0 unspecified atom stereocenters. The molecule has 0 radical (unpaired) electrons. The van der Waals surface area contributed by atoms with E-state index in [0.29, 0.717) is 11.3 Å². The van der Waals surface area contributed by atoms with Gasteiger partial charge in [-0.25, -0.2) is 4.39 Å². The van der Waals surface area contributed by atoms with E-state index in [1.807, 2.05) is 0 Å². The van der Waals surface area contributed by atoms with Gasteiger partial charge in [0.05, 0.1) is 7.11 Å². The first-order valence-corrected chi connectivity index (χ1v) is 5.54. The highest BCUT2D eigenvalue weighted by atomic mass is 19.1. The standard InChI is InChI=1S/C14H12FNO3/c1-19-13-7-4-10(8-12(13)15)16-14(18)9-2-5-11(17)6-3-9/h2-8,17H,1H3,(H,16,18). The van der Waals surface area contributed by atoms with Gasteiger partial charge in [-0.05, 0) is 36.4 Å². The Morgan fingerprint density at radius 1 is 1.21 bits per heavy atom. The zero-order valence-electron chi connectivity index (χ0n) is 10.2. The van der Waals surface area contributed by atoms with Crippen molar-refractivity contribution in [3.05, 3.63) is 53.8 Å². The van der Waals surface area contributed by atoms with E-state index in [1.54, 1.807) is 6.07 Å². The molecule has 0 heterocycles. The van der Waals surface area contributed by atoms with Crippen LogP contribution in [-0.4, -0.2) is 18.1 Å². The van der Waals surface area contributed by atoms with Crippen molar-refractivity contribution in [2.45, 2.75) is 0 Å². The van der Waals surface area contributed by atoms with Crippen LogP contribution < -0.4 is 10.1 Å². The van der Waals surface area contributed by atoms with E-state index < -0.39 is 5.82 Å². The monoisotopic (exact) mass is 261 g/mol. The largest absolute Gasteiger partial charge is 0.508 e. The number of hydrogen-bond acceptors (Lipinski definition) is 3. The number of phenols is 1. The summed E-state index contributed by atoms with van der Waals surface area (Å²) >= 11 is 0. The molecule has 4 nitrogen and oxygen atoms in total. The lowest BCUT2D eigenvalue weighted by Gasteiger charge is -2.07. The normalized spacial score (nSPS) is 10.0. The van der Waals surface area contributed by atoms with Gasteiger partial charge in [-0.2, -0.15) is 0 Å². The van der Waals surface area contributed by atoms with Crippen molar-refractivity contribution in [3.8, 4) is 11.5 Å². The van der Waals surface area contributed by atoms with Gasteiger partial charge in [0.2, 0.25) is 0 Å². The van der Waals surface area contributed by atoms with Crippen LogP contribution in [0.5, 0.6) is 11.5 Å². The van der Waals surface area contributed by atoms with Gasteiger partial charge in [-0.1, -0.05) is 0 Å². The summed E-state index contributed by atoms with van der Waals surface area (Å²) in [6, 6.07) is 9.92. The predicted octanol–water partition coefficient (Wildman–Crippen LogP) is 2.79. The lowest BCUT2D eigenvalue weighted by atomic mass is 10.2. The van der Waals surface area contributed by atoms with Crippen LogP contribution in [0.15, 0.2) is 42.5 Å². The van der Waals surface area contributed by atoms with Crippen LogP contribution in [0.2, 0.25) is 0 Å². The molecule has 5 heteroatoms. The van der Waals surface area contributed by atoms with Crippen LogP contribution >= 0.6 is 0 Å². The smallest absolute Gasteiger partial charge is 0.255 e. The fourth-order valence-electron chi connectivity index (χ4n) is 1.56. The second-order valence-electron chi connectivity index (χ2n) is 3.85. The number of benzene rings is 2. The first-order valence-electron chi connectivity index (χ1n) is 5.54. The van der Waals surface area contributed by atoms with Gasteiger partial charge in [-0.15, -0.1) is 0 Å².